The van der Waals surface area contributed by atoms with Gasteiger partial charge in [-0.3, -0.25) is 14.4 Å². The van der Waals surface area contributed by atoms with E-state index in [1.54, 1.807) is 25.8 Å². The predicted molar refractivity (Wildman–Crippen MR) is 148 cm³/mol. The summed E-state index contributed by atoms with van der Waals surface area (Å²) in [4.78, 5) is 41.6. The number of hydrogen-bond acceptors (Lipinski definition) is 6. The van der Waals surface area contributed by atoms with Gasteiger partial charge in [0.05, 0.1) is 24.5 Å². The number of carbonyl (C=O) groups is 3. The first kappa shape index (κ1) is 29.3. The van der Waals surface area contributed by atoms with Crippen molar-refractivity contribution >= 4 is 35.8 Å². The van der Waals surface area contributed by atoms with Crippen molar-refractivity contribution in [2.24, 2.45) is 16.3 Å². The van der Waals surface area contributed by atoms with Gasteiger partial charge >= 0.3 is 0 Å². The summed E-state index contributed by atoms with van der Waals surface area (Å²) >= 11 is 0. The number of nitrogens with two attached hydrogens (primary N) is 1. The van der Waals surface area contributed by atoms with Gasteiger partial charge in [0.25, 0.3) is 5.91 Å². The van der Waals surface area contributed by atoms with Crippen LogP contribution in [0.4, 0.5) is 0 Å². The zero-order valence-electron chi connectivity index (χ0n) is 22.1. The van der Waals surface area contributed by atoms with E-state index in [1.807, 2.05) is 60.7 Å². The van der Waals surface area contributed by atoms with E-state index in [1.165, 1.54) is 5.01 Å². The lowest BCUT2D eigenvalue weighted by Crippen LogP contribution is -2.61. The molecule has 0 saturated carbocycles. The highest BCUT2D eigenvalue weighted by atomic mass is 35.5. The monoisotopic (exact) mass is 541 g/mol. The van der Waals surface area contributed by atoms with E-state index < -0.39 is 22.9 Å². The third-order valence-corrected chi connectivity index (χ3v) is 6.85. The Balaban J connectivity index is 0.00000400. The SMILES string of the molecule is CN1N=C2CCN(C(=O)[C@@H](COCc3ccccc3)NC(=O)C(C)(C)N)C[C@@]2(Cc2ccccc2)C1=O.Cl. The van der Waals surface area contributed by atoms with Crippen LogP contribution in [-0.2, 0) is 32.1 Å². The van der Waals surface area contributed by atoms with Gasteiger partial charge in [-0.15, -0.1) is 12.4 Å². The summed E-state index contributed by atoms with van der Waals surface area (Å²) < 4.78 is 5.85. The van der Waals surface area contributed by atoms with Gasteiger partial charge in [-0.2, -0.15) is 5.10 Å². The number of rotatable bonds is 9. The van der Waals surface area contributed by atoms with Crippen LogP contribution in [0.15, 0.2) is 65.8 Å². The van der Waals surface area contributed by atoms with E-state index in [0.717, 1.165) is 16.8 Å². The molecule has 2 aliphatic rings. The highest BCUT2D eigenvalue weighted by Crippen LogP contribution is 2.38. The smallest absolute Gasteiger partial charge is 0.256 e. The van der Waals surface area contributed by atoms with Gasteiger partial charge in [0.15, 0.2) is 0 Å². The van der Waals surface area contributed by atoms with E-state index in [2.05, 4.69) is 10.4 Å². The summed E-state index contributed by atoms with van der Waals surface area (Å²) in [7, 11) is 1.65. The number of nitrogens with one attached hydrogen (secondary N) is 1. The maximum Gasteiger partial charge on any atom is 0.256 e. The first-order chi connectivity index (χ1) is 17.6. The van der Waals surface area contributed by atoms with Gasteiger partial charge in [0, 0.05) is 26.6 Å². The molecule has 2 aromatic rings. The number of amides is 3. The highest BCUT2D eigenvalue weighted by Gasteiger charge is 2.54. The molecule has 1 saturated heterocycles. The zero-order chi connectivity index (χ0) is 26.6. The van der Waals surface area contributed by atoms with Crippen LogP contribution in [0, 0.1) is 5.41 Å². The van der Waals surface area contributed by atoms with Gasteiger partial charge in [-0.25, -0.2) is 5.01 Å². The second kappa shape index (κ2) is 12.1. The summed E-state index contributed by atoms with van der Waals surface area (Å²) in [6.07, 6.45) is 0.916. The van der Waals surface area contributed by atoms with Gasteiger partial charge in [-0.05, 0) is 31.4 Å². The summed E-state index contributed by atoms with van der Waals surface area (Å²) in [5.74, 6) is -0.892. The van der Waals surface area contributed by atoms with Crippen molar-refractivity contribution in [2.45, 2.75) is 44.9 Å². The predicted octanol–water partition coefficient (Wildman–Crippen LogP) is 2.14. The van der Waals surface area contributed by atoms with Crippen LogP contribution in [0.25, 0.3) is 0 Å². The van der Waals surface area contributed by atoms with Crippen molar-refractivity contribution in [1.29, 1.82) is 0 Å². The summed E-state index contributed by atoms with van der Waals surface area (Å²) in [5.41, 5.74) is 6.63. The molecule has 4 rings (SSSR count). The number of ether oxygens (including phenoxy) is 1. The number of benzene rings is 2. The Bertz CT molecular complexity index is 1170. The van der Waals surface area contributed by atoms with Crippen LogP contribution in [0.1, 0.15) is 31.4 Å². The Labute approximate surface area is 229 Å². The van der Waals surface area contributed by atoms with Gasteiger partial charge in [-0.1, -0.05) is 60.7 Å². The van der Waals surface area contributed by atoms with E-state index in [9.17, 15) is 14.4 Å². The van der Waals surface area contributed by atoms with Gasteiger partial charge < -0.3 is 20.7 Å². The van der Waals surface area contributed by atoms with Crippen molar-refractivity contribution in [3.63, 3.8) is 0 Å². The third-order valence-electron chi connectivity index (χ3n) is 6.85. The summed E-state index contributed by atoms with van der Waals surface area (Å²) in [5, 5.41) is 8.67. The minimum Gasteiger partial charge on any atom is -0.374 e. The summed E-state index contributed by atoms with van der Waals surface area (Å²) in [6, 6.07) is 18.4. The number of hydrogen-bond donors (Lipinski definition) is 2. The molecule has 38 heavy (non-hydrogen) atoms. The molecule has 0 aliphatic carbocycles. The minimum atomic E-state index is -1.17. The van der Waals surface area contributed by atoms with Crippen molar-refractivity contribution < 1.29 is 19.1 Å². The topological polar surface area (TPSA) is 117 Å². The number of nitrogens with zero attached hydrogens (tertiary/aromatic N) is 3. The molecule has 2 aliphatic heterocycles. The molecule has 2 atom stereocenters. The lowest BCUT2D eigenvalue weighted by molar-refractivity contribution is -0.143. The molecule has 204 valence electrons. The fourth-order valence-electron chi connectivity index (χ4n) is 4.82. The maximum absolute atomic E-state index is 13.8. The van der Waals surface area contributed by atoms with Crippen LogP contribution in [0.3, 0.4) is 0 Å². The number of fused-ring (bicyclic) bond motifs is 1. The molecule has 1 fully saturated rings. The van der Waals surface area contributed by atoms with Crippen molar-refractivity contribution in [3.05, 3.63) is 71.8 Å². The molecule has 2 heterocycles. The first-order valence-electron chi connectivity index (χ1n) is 12.5. The Hall–Kier alpha value is -3.27. The number of hydrazone groups is 1. The average Bonchev–Trinajstić information content (AvgIpc) is 3.12. The number of piperidine rings is 1. The lowest BCUT2D eigenvalue weighted by Gasteiger charge is -2.40. The molecule has 10 heteroatoms. The first-order valence-corrected chi connectivity index (χ1v) is 12.5. The second-order valence-electron chi connectivity index (χ2n) is 10.4. The molecule has 2 aromatic carbocycles. The van der Waals surface area contributed by atoms with E-state index >= 15 is 0 Å². The van der Waals surface area contributed by atoms with E-state index in [4.69, 9.17) is 10.5 Å². The minimum absolute atomic E-state index is 0. The zero-order valence-corrected chi connectivity index (χ0v) is 22.9. The molecule has 0 spiro atoms. The Morgan fingerprint density at radius 3 is 2.32 bits per heavy atom. The van der Waals surface area contributed by atoms with E-state index in [-0.39, 0.29) is 37.4 Å². The number of carbonyl (C=O) groups excluding carboxylic acids is 3. The molecule has 3 amide bonds. The Morgan fingerprint density at radius 2 is 1.71 bits per heavy atom. The van der Waals surface area contributed by atoms with E-state index in [0.29, 0.717) is 26.0 Å². The second-order valence-corrected chi connectivity index (χ2v) is 10.4. The fraction of sp³-hybridized carbons (Fsp3) is 0.429. The van der Waals surface area contributed by atoms with Crippen LogP contribution < -0.4 is 11.1 Å². The van der Waals surface area contributed by atoms with Crippen LogP contribution in [-0.4, -0.2) is 71.7 Å². The van der Waals surface area contributed by atoms with Crippen molar-refractivity contribution in [3.8, 4) is 0 Å². The third kappa shape index (κ3) is 6.40. The molecule has 0 bridgehead atoms. The van der Waals surface area contributed by atoms with Crippen LogP contribution in [0.2, 0.25) is 0 Å². The average molecular weight is 542 g/mol. The van der Waals surface area contributed by atoms with Gasteiger partial charge in [0.1, 0.15) is 11.5 Å². The lowest BCUT2D eigenvalue weighted by atomic mass is 9.73. The number of likely N-dealkylation sites (tertiary alicyclic amines) is 1. The summed E-state index contributed by atoms with van der Waals surface area (Å²) in [6.45, 7) is 4.02. The largest absolute Gasteiger partial charge is 0.374 e. The van der Waals surface area contributed by atoms with Gasteiger partial charge in [0.2, 0.25) is 11.8 Å². The Morgan fingerprint density at radius 1 is 1.11 bits per heavy atom. The van der Waals surface area contributed by atoms with Crippen LogP contribution >= 0.6 is 12.4 Å². The van der Waals surface area contributed by atoms with Crippen LogP contribution in [0.5, 0.6) is 0 Å². The molecular formula is C28H36ClN5O4. The Kier molecular flexibility index (Phi) is 9.30. The molecule has 0 unspecified atom stereocenters. The molecular weight excluding hydrogens is 506 g/mol. The standard InChI is InChI=1S/C28H35N5O4.ClH/c1-27(2,29)25(35)30-22(18-37-17-21-12-8-5-9-13-21)24(34)33-15-14-23-28(19-33,26(36)32(3)31-23)16-20-10-6-4-7-11-20;/h4-13,22H,14-19,29H2,1-3H3,(H,30,35);1H/t22-,28-;/m1./s1. The fourth-order valence-corrected chi connectivity index (χ4v) is 4.82. The number of halogens is 1. The normalized spacial score (nSPS) is 19.8. The molecule has 0 radical (unpaired) electrons. The molecule has 3 N–H and O–H groups in total. The quantitative estimate of drug-likeness (QED) is 0.504. The highest BCUT2D eigenvalue weighted by molar-refractivity contribution is 6.13. The maximum atomic E-state index is 13.8. The molecule has 0 aromatic heterocycles. The van der Waals surface area contributed by atoms with Crippen molar-refractivity contribution in [1.82, 2.24) is 15.2 Å². The van der Waals surface area contributed by atoms with Crippen molar-refractivity contribution in [2.75, 3.05) is 26.7 Å². The molecule has 9 nitrogen and oxygen atoms in total.